The predicted molar refractivity (Wildman–Crippen MR) is 83.4 cm³/mol. The van der Waals surface area contributed by atoms with Crippen molar-refractivity contribution < 1.29 is 4.79 Å². The van der Waals surface area contributed by atoms with Crippen molar-refractivity contribution in [2.24, 2.45) is 34.0 Å². The topological polar surface area (TPSA) is 40.9 Å². The summed E-state index contributed by atoms with van der Waals surface area (Å²) in [6.07, 6.45) is 8.40. The van der Waals surface area contributed by atoms with Crippen LogP contribution in [0, 0.1) is 45.3 Å². The summed E-state index contributed by atoms with van der Waals surface area (Å²) in [5.41, 5.74) is 1.12. The highest BCUT2D eigenvalue weighted by Gasteiger charge is 2.60. The van der Waals surface area contributed by atoms with E-state index in [-0.39, 0.29) is 17.1 Å². The Morgan fingerprint density at radius 3 is 2.14 bits per heavy atom. The summed E-state index contributed by atoms with van der Waals surface area (Å²) in [6, 6.07) is 2.25. The molecule has 0 heterocycles. The zero-order valence-electron chi connectivity index (χ0n) is 14.0. The molecule has 0 aromatic heterocycles. The Balaban J connectivity index is 1.82. The van der Waals surface area contributed by atoms with E-state index in [9.17, 15) is 10.1 Å². The first-order chi connectivity index (χ1) is 9.68. The summed E-state index contributed by atoms with van der Waals surface area (Å²) in [6.45, 7) is 8.88. The lowest BCUT2D eigenvalue weighted by Gasteiger charge is -2.65. The van der Waals surface area contributed by atoms with E-state index in [1.54, 1.807) is 0 Å². The molecule has 3 atom stereocenters. The van der Waals surface area contributed by atoms with Gasteiger partial charge in [-0.3, -0.25) is 4.79 Å². The maximum absolute atomic E-state index is 12.7. The molecule has 21 heavy (non-hydrogen) atoms. The Labute approximate surface area is 129 Å². The first-order valence-corrected chi connectivity index (χ1v) is 8.61. The number of rotatable bonds is 4. The molecule has 3 unspecified atom stereocenters. The van der Waals surface area contributed by atoms with Crippen LogP contribution in [-0.2, 0) is 4.79 Å². The van der Waals surface area contributed by atoms with Crippen molar-refractivity contribution in [1.29, 1.82) is 5.26 Å². The minimum atomic E-state index is -0.404. The van der Waals surface area contributed by atoms with Crippen molar-refractivity contribution in [1.82, 2.24) is 0 Å². The predicted octanol–water partition coefficient (Wildman–Crippen LogP) is 4.74. The van der Waals surface area contributed by atoms with Gasteiger partial charge in [0, 0.05) is 6.42 Å². The fourth-order valence-electron chi connectivity index (χ4n) is 6.95. The summed E-state index contributed by atoms with van der Waals surface area (Å²) in [5, 5.41) is 9.31. The zero-order valence-corrected chi connectivity index (χ0v) is 14.0. The van der Waals surface area contributed by atoms with E-state index < -0.39 is 5.92 Å². The average molecular weight is 287 g/mol. The van der Waals surface area contributed by atoms with Gasteiger partial charge in [-0.15, -0.1) is 0 Å². The molecule has 0 spiro atoms. The van der Waals surface area contributed by atoms with E-state index in [2.05, 4.69) is 19.9 Å². The summed E-state index contributed by atoms with van der Waals surface area (Å²) < 4.78 is 0. The van der Waals surface area contributed by atoms with Gasteiger partial charge < -0.3 is 0 Å². The first kappa shape index (κ1) is 15.1. The summed E-state index contributed by atoms with van der Waals surface area (Å²) >= 11 is 0. The molecule has 4 saturated carbocycles. The summed E-state index contributed by atoms with van der Waals surface area (Å²) in [7, 11) is 0. The fourth-order valence-corrected chi connectivity index (χ4v) is 6.95. The normalized spacial score (nSPS) is 45.6. The van der Waals surface area contributed by atoms with Gasteiger partial charge in [0.2, 0.25) is 0 Å². The lowest BCUT2D eigenvalue weighted by atomic mass is 9.39. The molecular weight excluding hydrogens is 258 g/mol. The summed E-state index contributed by atoms with van der Waals surface area (Å²) in [4.78, 5) is 12.7. The molecule has 0 saturated heterocycles. The Hall–Kier alpha value is -0.840. The molecule has 0 aromatic carbocycles. The van der Waals surface area contributed by atoms with Crippen LogP contribution in [0.3, 0.4) is 0 Å². The van der Waals surface area contributed by atoms with Crippen molar-refractivity contribution in [2.45, 2.75) is 72.6 Å². The quantitative estimate of drug-likeness (QED) is 0.749. The number of carbonyl (C=O) groups is 1. The fraction of sp³-hybridized carbons (Fsp3) is 0.895. The lowest BCUT2D eigenvalue weighted by Crippen LogP contribution is -2.55. The minimum absolute atomic E-state index is 0.141. The second kappa shape index (κ2) is 4.58. The van der Waals surface area contributed by atoms with Gasteiger partial charge in [-0.2, -0.15) is 5.26 Å². The molecule has 4 aliphatic carbocycles. The van der Waals surface area contributed by atoms with Gasteiger partial charge >= 0.3 is 0 Å². The molecule has 4 rings (SSSR count). The minimum Gasteiger partial charge on any atom is -0.298 e. The number of nitriles is 1. The Bertz CT molecular complexity index is 482. The summed E-state index contributed by atoms with van der Waals surface area (Å²) in [5.74, 6) is 0.770. The molecule has 4 fully saturated rings. The SMILES string of the molecule is CC(C)C(C#N)C(=O)CC12CC3CC(C)(CC(C)(C3)C1)C2. The number of nitrogens with zero attached hydrogens (tertiary/aromatic N) is 1. The van der Waals surface area contributed by atoms with E-state index in [1.165, 1.54) is 38.5 Å². The highest BCUT2D eigenvalue weighted by atomic mass is 16.1. The maximum Gasteiger partial charge on any atom is 0.150 e. The molecular formula is C19H29NO. The van der Waals surface area contributed by atoms with Gasteiger partial charge in [0.25, 0.3) is 0 Å². The third kappa shape index (κ3) is 2.54. The van der Waals surface area contributed by atoms with Crippen LogP contribution in [0.15, 0.2) is 0 Å². The van der Waals surface area contributed by atoms with Crippen molar-refractivity contribution in [3.8, 4) is 6.07 Å². The maximum atomic E-state index is 12.7. The molecule has 0 N–H and O–H groups in total. The number of Topliss-reactive ketones (excluding diaryl/α,β-unsaturated/α-hetero) is 1. The van der Waals surface area contributed by atoms with E-state index in [0.29, 0.717) is 17.3 Å². The Kier molecular flexibility index (Phi) is 3.28. The standard InChI is InChI=1S/C19H29NO/c1-13(2)15(9-20)16(21)8-19-7-14-5-17(3,11-19)10-18(4,6-14)12-19/h13-15H,5-8,10-12H2,1-4H3. The number of hydrogen-bond donors (Lipinski definition) is 0. The van der Waals surface area contributed by atoms with Crippen LogP contribution in [0.5, 0.6) is 0 Å². The van der Waals surface area contributed by atoms with Gasteiger partial charge in [0.1, 0.15) is 5.92 Å². The van der Waals surface area contributed by atoms with E-state index >= 15 is 0 Å². The van der Waals surface area contributed by atoms with E-state index in [1.807, 2.05) is 13.8 Å². The molecule has 0 amide bonds. The molecule has 116 valence electrons. The van der Waals surface area contributed by atoms with Crippen LogP contribution in [0.1, 0.15) is 72.6 Å². The van der Waals surface area contributed by atoms with Crippen LogP contribution < -0.4 is 0 Å². The van der Waals surface area contributed by atoms with Gasteiger partial charge in [-0.05, 0) is 66.6 Å². The number of carbonyl (C=O) groups excluding carboxylic acids is 1. The van der Waals surface area contributed by atoms with Crippen LogP contribution in [-0.4, -0.2) is 5.78 Å². The number of ketones is 1. The third-order valence-electron chi connectivity index (χ3n) is 6.44. The molecule has 0 radical (unpaired) electrons. The second-order valence-electron chi connectivity index (χ2n) is 9.62. The van der Waals surface area contributed by atoms with E-state index in [4.69, 9.17) is 0 Å². The monoisotopic (exact) mass is 287 g/mol. The van der Waals surface area contributed by atoms with Crippen molar-refractivity contribution >= 4 is 5.78 Å². The molecule has 4 bridgehead atoms. The van der Waals surface area contributed by atoms with Crippen LogP contribution in [0.4, 0.5) is 0 Å². The van der Waals surface area contributed by atoms with Crippen molar-refractivity contribution in [2.75, 3.05) is 0 Å². The van der Waals surface area contributed by atoms with Crippen LogP contribution in [0.2, 0.25) is 0 Å². The van der Waals surface area contributed by atoms with Crippen molar-refractivity contribution in [3.05, 3.63) is 0 Å². The van der Waals surface area contributed by atoms with Gasteiger partial charge in [-0.25, -0.2) is 0 Å². The highest BCUT2D eigenvalue weighted by Crippen LogP contribution is 2.70. The van der Waals surface area contributed by atoms with Crippen LogP contribution in [0.25, 0.3) is 0 Å². The smallest absolute Gasteiger partial charge is 0.150 e. The molecule has 2 nitrogen and oxygen atoms in total. The molecule has 2 heteroatoms. The Morgan fingerprint density at radius 2 is 1.71 bits per heavy atom. The number of hydrogen-bond acceptors (Lipinski definition) is 2. The molecule has 0 aromatic rings. The first-order valence-electron chi connectivity index (χ1n) is 8.61. The lowest BCUT2D eigenvalue weighted by molar-refractivity contribution is -0.156. The average Bonchev–Trinajstić information content (AvgIpc) is 2.22. The van der Waals surface area contributed by atoms with Crippen molar-refractivity contribution in [3.63, 3.8) is 0 Å². The Morgan fingerprint density at radius 1 is 1.14 bits per heavy atom. The van der Waals surface area contributed by atoms with Crippen LogP contribution >= 0.6 is 0 Å². The largest absolute Gasteiger partial charge is 0.298 e. The zero-order chi connectivity index (χ0) is 15.5. The third-order valence-corrected chi connectivity index (χ3v) is 6.44. The van der Waals surface area contributed by atoms with Gasteiger partial charge in [-0.1, -0.05) is 27.7 Å². The second-order valence-corrected chi connectivity index (χ2v) is 9.62. The van der Waals surface area contributed by atoms with Gasteiger partial charge in [0.05, 0.1) is 6.07 Å². The highest BCUT2D eigenvalue weighted by molar-refractivity contribution is 5.84. The molecule has 0 aliphatic heterocycles. The van der Waals surface area contributed by atoms with Gasteiger partial charge in [0.15, 0.2) is 5.78 Å². The molecule has 4 aliphatic rings. The van der Waals surface area contributed by atoms with E-state index in [0.717, 1.165) is 5.92 Å².